The summed E-state index contributed by atoms with van der Waals surface area (Å²) in [6, 6.07) is 4.73. The van der Waals surface area contributed by atoms with Crippen molar-refractivity contribution in [3.63, 3.8) is 0 Å². The first kappa shape index (κ1) is 18.5. The number of hydrogen-bond acceptors (Lipinski definition) is 5. The van der Waals surface area contributed by atoms with Gasteiger partial charge in [-0.25, -0.2) is 0 Å². The van der Waals surface area contributed by atoms with Crippen LogP contribution in [0.1, 0.15) is 47.0 Å². The van der Waals surface area contributed by atoms with Crippen LogP contribution in [0.4, 0.5) is 0 Å². The molecule has 3 atom stereocenters. The van der Waals surface area contributed by atoms with Gasteiger partial charge < -0.3 is 9.47 Å². The van der Waals surface area contributed by atoms with E-state index in [2.05, 4.69) is 46.5 Å². The van der Waals surface area contributed by atoms with Crippen LogP contribution in [-0.4, -0.2) is 42.9 Å². The van der Waals surface area contributed by atoms with Crippen molar-refractivity contribution >= 4 is 29.0 Å². The zero-order chi connectivity index (χ0) is 18.0. The number of carbonyl (C=O) groups is 1. The standard InChI is InChI=1S/C18H26N4OS2/c1-5-21-16(15-10-7-11-24-15)19-20-18(21)25-14(4)17(23)22-12(2)8-6-9-13(22)3/h7,10-14H,5-6,8-9H2,1-4H3/t12-,13-,14-/m0/s1. The first-order chi connectivity index (χ1) is 12.0. The Bertz CT molecular complexity index is 703. The van der Waals surface area contributed by atoms with Crippen molar-refractivity contribution in [2.75, 3.05) is 0 Å². The lowest BCUT2D eigenvalue weighted by atomic mass is 9.97. The number of rotatable bonds is 5. The number of hydrogen-bond donors (Lipinski definition) is 0. The number of likely N-dealkylation sites (tertiary alicyclic amines) is 1. The zero-order valence-corrected chi connectivity index (χ0v) is 16.9. The molecule has 7 heteroatoms. The van der Waals surface area contributed by atoms with Gasteiger partial charge in [0.05, 0.1) is 10.1 Å². The molecule has 0 aliphatic carbocycles. The van der Waals surface area contributed by atoms with Crippen LogP contribution in [0.2, 0.25) is 0 Å². The third-order valence-corrected chi connectivity index (χ3v) is 6.79. The molecule has 1 saturated heterocycles. The second-order valence-corrected chi connectivity index (χ2v) is 8.92. The van der Waals surface area contributed by atoms with Crippen molar-refractivity contribution in [2.24, 2.45) is 0 Å². The smallest absolute Gasteiger partial charge is 0.236 e. The highest BCUT2D eigenvalue weighted by atomic mass is 32.2. The number of thioether (sulfide) groups is 1. The largest absolute Gasteiger partial charge is 0.336 e. The predicted molar refractivity (Wildman–Crippen MR) is 104 cm³/mol. The molecule has 5 nitrogen and oxygen atoms in total. The summed E-state index contributed by atoms with van der Waals surface area (Å²) in [5.74, 6) is 1.10. The Morgan fingerprint density at radius 2 is 2.08 bits per heavy atom. The van der Waals surface area contributed by atoms with Crippen molar-refractivity contribution in [3.05, 3.63) is 17.5 Å². The maximum atomic E-state index is 13.0. The number of amides is 1. The molecule has 0 unspecified atom stereocenters. The van der Waals surface area contributed by atoms with Gasteiger partial charge in [0.2, 0.25) is 5.91 Å². The van der Waals surface area contributed by atoms with Crippen LogP contribution in [0.15, 0.2) is 22.7 Å². The summed E-state index contributed by atoms with van der Waals surface area (Å²) >= 11 is 3.18. The van der Waals surface area contributed by atoms with Crippen molar-refractivity contribution in [1.29, 1.82) is 0 Å². The SMILES string of the molecule is CCn1c(S[C@@H](C)C(=O)N2[C@@H](C)CCC[C@@H]2C)nnc1-c1cccs1. The number of piperidine rings is 1. The Labute approximate surface area is 157 Å². The lowest BCUT2D eigenvalue weighted by Crippen LogP contribution is -2.50. The van der Waals surface area contributed by atoms with Crippen LogP contribution in [0.25, 0.3) is 10.7 Å². The highest BCUT2D eigenvalue weighted by Gasteiger charge is 2.32. The second-order valence-electron chi connectivity index (χ2n) is 6.66. The number of carbonyl (C=O) groups excluding carboxylic acids is 1. The summed E-state index contributed by atoms with van der Waals surface area (Å²) in [7, 11) is 0. The van der Waals surface area contributed by atoms with Crippen LogP contribution in [0.3, 0.4) is 0 Å². The molecular formula is C18H26N4OS2. The van der Waals surface area contributed by atoms with E-state index in [9.17, 15) is 4.79 Å². The molecule has 1 aliphatic heterocycles. The van der Waals surface area contributed by atoms with Gasteiger partial charge in [0, 0.05) is 18.6 Å². The van der Waals surface area contributed by atoms with Gasteiger partial charge in [0.1, 0.15) is 0 Å². The van der Waals surface area contributed by atoms with E-state index in [4.69, 9.17) is 0 Å². The Hall–Kier alpha value is -1.34. The molecule has 1 fully saturated rings. The first-order valence-electron chi connectivity index (χ1n) is 8.98. The minimum atomic E-state index is -0.159. The summed E-state index contributed by atoms with van der Waals surface area (Å²) in [5, 5.41) is 11.4. The van der Waals surface area contributed by atoms with Gasteiger partial charge in [-0.05, 0) is 58.4 Å². The third-order valence-electron chi connectivity index (χ3n) is 4.85. The van der Waals surface area contributed by atoms with Gasteiger partial charge in [-0.3, -0.25) is 4.79 Å². The highest BCUT2D eigenvalue weighted by molar-refractivity contribution is 8.00. The Kier molecular flexibility index (Phi) is 5.84. The molecule has 0 spiro atoms. The fraction of sp³-hybridized carbons (Fsp3) is 0.611. The van der Waals surface area contributed by atoms with Crippen molar-refractivity contribution < 1.29 is 4.79 Å². The second kappa shape index (κ2) is 7.91. The number of nitrogens with zero attached hydrogens (tertiary/aromatic N) is 4. The molecule has 0 N–H and O–H groups in total. The fourth-order valence-corrected chi connectivity index (χ4v) is 5.21. The number of thiophene rings is 1. The van der Waals surface area contributed by atoms with Crippen LogP contribution in [0, 0.1) is 0 Å². The van der Waals surface area contributed by atoms with E-state index in [1.807, 2.05) is 18.4 Å². The van der Waals surface area contributed by atoms with E-state index >= 15 is 0 Å². The molecule has 0 radical (unpaired) electrons. The monoisotopic (exact) mass is 378 g/mol. The normalized spacial score (nSPS) is 22.2. The van der Waals surface area contributed by atoms with E-state index in [0.717, 1.165) is 35.2 Å². The maximum Gasteiger partial charge on any atom is 0.236 e. The molecule has 0 aromatic carbocycles. The lowest BCUT2D eigenvalue weighted by Gasteiger charge is -2.40. The Morgan fingerprint density at radius 1 is 1.36 bits per heavy atom. The summed E-state index contributed by atoms with van der Waals surface area (Å²) in [6.45, 7) is 9.19. The quantitative estimate of drug-likeness (QED) is 0.728. The van der Waals surface area contributed by atoms with Crippen molar-refractivity contribution in [1.82, 2.24) is 19.7 Å². The minimum Gasteiger partial charge on any atom is -0.336 e. The molecule has 136 valence electrons. The molecule has 0 bridgehead atoms. The molecule has 2 aromatic heterocycles. The van der Waals surface area contributed by atoms with Gasteiger partial charge in [0.15, 0.2) is 11.0 Å². The van der Waals surface area contributed by atoms with E-state index in [1.54, 1.807) is 11.3 Å². The number of aromatic nitrogens is 3. The lowest BCUT2D eigenvalue weighted by molar-refractivity contribution is -0.136. The third kappa shape index (κ3) is 3.77. The Balaban J connectivity index is 1.76. The Morgan fingerprint density at radius 3 is 2.68 bits per heavy atom. The molecule has 2 aromatic rings. The van der Waals surface area contributed by atoms with Gasteiger partial charge in [-0.1, -0.05) is 17.8 Å². The highest BCUT2D eigenvalue weighted by Crippen LogP contribution is 2.31. The van der Waals surface area contributed by atoms with Crippen molar-refractivity contribution in [2.45, 2.75) is 76.0 Å². The molecular weight excluding hydrogens is 352 g/mol. The molecule has 1 amide bonds. The van der Waals surface area contributed by atoms with E-state index < -0.39 is 0 Å². The molecule has 3 heterocycles. The van der Waals surface area contributed by atoms with Gasteiger partial charge in [0.25, 0.3) is 0 Å². The zero-order valence-electron chi connectivity index (χ0n) is 15.3. The first-order valence-corrected chi connectivity index (χ1v) is 10.7. The summed E-state index contributed by atoms with van der Waals surface area (Å²) in [4.78, 5) is 16.2. The average Bonchev–Trinajstić information content (AvgIpc) is 3.23. The van der Waals surface area contributed by atoms with Gasteiger partial charge in [-0.15, -0.1) is 21.5 Å². The minimum absolute atomic E-state index is 0.159. The fourth-order valence-electron chi connectivity index (χ4n) is 3.52. The van der Waals surface area contributed by atoms with Gasteiger partial charge in [-0.2, -0.15) is 0 Å². The van der Waals surface area contributed by atoms with Gasteiger partial charge >= 0.3 is 0 Å². The van der Waals surface area contributed by atoms with E-state index in [-0.39, 0.29) is 11.2 Å². The van der Waals surface area contributed by atoms with Crippen LogP contribution >= 0.6 is 23.1 Å². The molecule has 1 aliphatic rings. The summed E-state index contributed by atoms with van der Waals surface area (Å²) < 4.78 is 2.10. The molecule has 25 heavy (non-hydrogen) atoms. The molecule has 0 saturated carbocycles. The van der Waals surface area contributed by atoms with Crippen LogP contribution in [0.5, 0.6) is 0 Å². The van der Waals surface area contributed by atoms with Crippen LogP contribution in [-0.2, 0) is 11.3 Å². The van der Waals surface area contributed by atoms with Crippen molar-refractivity contribution in [3.8, 4) is 10.7 Å². The predicted octanol–water partition coefficient (Wildman–Crippen LogP) is 4.30. The average molecular weight is 379 g/mol. The summed E-state index contributed by atoms with van der Waals surface area (Å²) in [5.41, 5.74) is 0. The van der Waals surface area contributed by atoms with E-state index in [1.165, 1.54) is 18.2 Å². The maximum absolute atomic E-state index is 13.0. The van der Waals surface area contributed by atoms with E-state index in [0.29, 0.717) is 12.1 Å². The summed E-state index contributed by atoms with van der Waals surface area (Å²) in [6.07, 6.45) is 3.41. The van der Waals surface area contributed by atoms with Crippen LogP contribution < -0.4 is 0 Å². The topological polar surface area (TPSA) is 51.0 Å². The molecule has 3 rings (SSSR count).